The van der Waals surface area contributed by atoms with Crippen LogP contribution >= 0.6 is 11.3 Å². The van der Waals surface area contributed by atoms with Crippen molar-refractivity contribution in [3.63, 3.8) is 0 Å². The number of thiophene rings is 1. The van der Waals surface area contributed by atoms with Crippen molar-refractivity contribution < 1.29 is 19.1 Å². The van der Waals surface area contributed by atoms with Gasteiger partial charge in [-0.25, -0.2) is 0 Å². The number of hydrogen-bond acceptors (Lipinski definition) is 6. The smallest absolute Gasteiger partial charge is 0.305 e. The lowest BCUT2D eigenvalue weighted by atomic mass is 10.2. The van der Waals surface area contributed by atoms with Crippen molar-refractivity contribution in [3.8, 4) is 0 Å². The summed E-state index contributed by atoms with van der Waals surface area (Å²) < 4.78 is 11.0. The van der Waals surface area contributed by atoms with Crippen LogP contribution in [0.15, 0.2) is 17.5 Å². The molecule has 0 bridgehead atoms. The Bertz CT molecular complexity index is 533. The number of hydrogen-bond donors (Lipinski definition) is 1. The number of carbonyl (C=O) groups is 2. The maximum Gasteiger partial charge on any atom is 0.305 e. The summed E-state index contributed by atoms with van der Waals surface area (Å²) in [7, 11) is 0. The Balaban J connectivity index is 1.55. The zero-order valence-electron chi connectivity index (χ0n) is 15.0. The molecule has 25 heavy (non-hydrogen) atoms. The first-order chi connectivity index (χ1) is 12.0. The lowest BCUT2D eigenvalue weighted by Gasteiger charge is -2.33. The molecule has 2 heterocycles. The Morgan fingerprint density at radius 1 is 1.48 bits per heavy atom. The number of morpholine rings is 1. The van der Waals surface area contributed by atoms with E-state index in [-0.39, 0.29) is 18.0 Å². The molecule has 1 unspecified atom stereocenters. The molecular weight excluding hydrogens is 340 g/mol. The summed E-state index contributed by atoms with van der Waals surface area (Å²) in [6.45, 7) is 8.63. The maximum atomic E-state index is 11.8. The molecule has 6 nitrogen and oxygen atoms in total. The fourth-order valence-corrected chi connectivity index (χ4v) is 3.39. The highest BCUT2D eigenvalue weighted by molar-refractivity contribution is 7.12. The standard InChI is InChI=1S/C18H28N2O4S/c1-14(2)11-20-8-9-23-15(12-20)13-24-17(21)6-3-7-19-18(22)16-5-4-10-25-16/h4-5,10,14-15H,3,6-9,11-13H2,1-2H3,(H,19,22). The van der Waals surface area contributed by atoms with Crippen molar-refractivity contribution in [1.29, 1.82) is 0 Å². The number of ether oxygens (including phenoxy) is 2. The van der Waals surface area contributed by atoms with Gasteiger partial charge in [-0.05, 0) is 23.8 Å². The van der Waals surface area contributed by atoms with E-state index < -0.39 is 0 Å². The molecule has 140 valence electrons. The van der Waals surface area contributed by atoms with Crippen LogP contribution in [0.3, 0.4) is 0 Å². The molecule has 0 spiro atoms. The normalized spacial score (nSPS) is 18.3. The molecule has 0 aliphatic carbocycles. The average Bonchev–Trinajstić information content (AvgIpc) is 3.11. The number of nitrogens with zero attached hydrogens (tertiary/aromatic N) is 1. The number of nitrogens with one attached hydrogen (secondary N) is 1. The van der Waals surface area contributed by atoms with Gasteiger partial charge < -0.3 is 14.8 Å². The van der Waals surface area contributed by atoms with Gasteiger partial charge in [0.15, 0.2) is 0 Å². The molecule has 0 radical (unpaired) electrons. The van der Waals surface area contributed by atoms with Crippen molar-refractivity contribution in [2.75, 3.05) is 39.4 Å². The zero-order valence-corrected chi connectivity index (χ0v) is 15.8. The number of amides is 1. The first kappa shape index (κ1) is 19.9. The van der Waals surface area contributed by atoms with Gasteiger partial charge in [0.05, 0.1) is 11.5 Å². The van der Waals surface area contributed by atoms with E-state index in [9.17, 15) is 9.59 Å². The van der Waals surface area contributed by atoms with Crippen LogP contribution in [0.1, 0.15) is 36.4 Å². The van der Waals surface area contributed by atoms with Crippen molar-refractivity contribution in [2.45, 2.75) is 32.8 Å². The molecule has 1 N–H and O–H groups in total. The minimum Gasteiger partial charge on any atom is -0.463 e. The van der Waals surface area contributed by atoms with Gasteiger partial charge in [0, 0.05) is 32.6 Å². The highest BCUT2D eigenvalue weighted by Gasteiger charge is 2.22. The van der Waals surface area contributed by atoms with Gasteiger partial charge in [0.25, 0.3) is 5.91 Å². The van der Waals surface area contributed by atoms with Crippen molar-refractivity contribution >= 4 is 23.2 Å². The second kappa shape index (κ2) is 10.5. The van der Waals surface area contributed by atoms with Gasteiger partial charge >= 0.3 is 5.97 Å². The summed E-state index contributed by atoms with van der Waals surface area (Å²) in [5.41, 5.74) is 0. The van der Waals surface area contributed by atoms with Gasteiger partial charge in [0.2, 0.25) is 0 Å². The second-order valence-corrected chi connectivity index (χ2v) is 7.61. The molecule has 1 amide bonds. The van der Waals surface area contributed by atoms with Crippen molar-refractivity contribution in [1.82, 2.24) is 10.2 Å². The molecule has 1 atom stereocenters. The lowest BCUT2D eigenvalue weighted by Crippen LogP contribution is -2.45. The average molecular weight is 368 g/mol. The monoisotopic (exact) mass is 368 g/mol. The third-order valence-electron chi connectivity index (χ3n) is 3.86. The molecule has 1 saturated heterocycles. The van der Waals surface area contributed by atoms with E-state index in [1.54, 1.807) is 6.07 Å². The molecule has 1 fully saturated rings. The summed E-state index contributed by atoms with van der Waals surface area (Å²) in [6, 6.07) is 3.62. The van der Waals surface area contributed by atoms with Crippen LogP contribution in [0.25, 0.3) is 0 Å². The van der Waals surface area contributed by atoms with E-state index >= 15 is 0 Å². The van der Waals surface area contributed by atoms with Crippen LogP contribution in [-0.4, -0.2) is 62.3 Å². The molecule has 1 aliphatic heterocycles. The quantitative estimate of drug-likeness (QED) is 0.534. The summed E-state index contributed by atoms with van der Waals surface area (Å²) in [4.78, 5) is 26.6. The van der Waals surface area contributed by atoms with Crippen LogP contribution in [0.2, 0.25) is 0 Å². The highest BCUT2D eigenvalue weighted by atomic mass is 32.1. The fraction of sp³-hybridized carbons (Fsp3) is 0.667. The van der Waals surface area contributed by atoms with Gasteiger partial charge in [0.1, 0.15) is 12.7 Å². The second-order valence-electron chi connectivity index (χ2n) is 6.67. The van der Waals surface area contributed by atoms with Crippen molar-refractivity contribution in [2.24, 2.45) is 5.92 Å². The van der Waals surface area contributed by atoms with E-state index in [0.717, 1.165) is 19.6 Å². The summed E-state index contributed by atoms with van der Waals surface area (Å²) in [5, 5.41) is 4.67. The molecule has 0 aromatic carbocycles. The molecule has 1 aromatic heterocycles. The van der Waals surface area contributed by atoms with E-state index in [1.165, 1.54) is 11.3 Å². The largest absolute Gasteiger partial charge is 0.463 e. The first-order valence-electron chi connectivity index (χ1n) is 8.86. The van der Waals surface area contributed by atoms with Crippen LogP contribution in [-0.2, 0) is 14.3 Å². The molecule has 1 aliphatic rings. The van der Waals surface area contributed by atoms with E-state index in [2.05, 4.69) is 24.1 Å². The van der Waals surface area contributed by atoms with Gasteiger partial charge in [-0.3, -0.25) is 14.5 Å². The minimum absolute atomic E-state index is 0.0463. The Kier molecular flexibility index (Phi) is 8.37. The molecular formula is C18H28N2O4S. The Labute approximate surface area is 153 Å². The number of esters is 1. The lowest BCUT2D eigenvalue weighted by molar-refractivity contribution is -0.150. The minimum atomic E-state index is -0.241. The number of rotatable bonds is 9. The Hall–Kier alpha value is -1.44. The van der Waals surface area contributed by atoms with Crippen LogP contribution in [0, 0.1) is 5.92 Å². The Morgan fingerprint density at radius 3 is 3.04 bits per heavy atom. The predicted molar refractivity (Wildman–Crippen MR) is 97.9 cm³/mol. The zero-order chi connectivity index (χ0) is 18.1. The Morgan fingerprint density at radius 2 is 2.32 bits per heavy atom. The predicted octanol–water partition coefficient (Wildman–Crippen LogP) is 2.16. The van der Waals surface area contributed by atoms with Crippen molar-refractivity contribution in [3.05, 3.63) is 22.4 Å². The summed E-state index contributed by atoms with van der Waals surface area (Å²) >= 11 is 1.40. The van der Waals surface area contributed by atoms with Crippen LogP contribution in [0.4, 0.5) is 0 Å². The summed E-state index contributed by atoms with van der Waals surface area (Å²) in [5.74, 6) is 0.282. The SMILES string of the molecule is CC(C)CN1CCOC(COC(=O)CCCNC(=O)c2cccs2)C1. The van der Waals surface area contributed by atoms with Crippen LogP contribution in [0.5, 0.6) is 0 Å². The fourth-order valence-electron chi connectivity index (χ4n) is 2.75. The van der Waals surface area contributed by atoms with E-state index in [4.69, 9.17) is 9.47 Å². The molecule has 0 saturated carbocycles. The molecule has 1 aromatic rings. The maximum absolute atomic E-state index is 11.8. The highest BCUT2D eigenvalue weighted by Crippen LogP contribution is 2.09. The van der Waals surface area contributed by atoms with Crippen LogP contribution < -0.4 is 5.32 Å². The molecule has 7 heteroatoms. The van der Waals surface area contributed by atoms with E-state index in [0.29, 0.717) is 43.4 Å². The topological polar surface area (TPSA) is 67.9 Å². The summed E-state index contributed by atoms with van der Waals surface area (Å²) in [6.07, 6.45) is 0.823. The molecule has 2 rings (SSSR count). The third-order valence-corrected chi connectivity index (χ3v) is 4.73. The van der Waals surface area contributed by atoms with Gasteiger partial charge in [-0.15, -0.1) is 11.3 Å². The first-order valence-corrected chi connectivity index (χ1v) is 9.74. The van der Waals surface area contributed by atoms with E-state index in [1.807, 2.05) is 11.4 Å². The third kappa shape index (κ3) is 7.54. The van der Waals surface area contributed by atoms with Gasteiger partial charge in [-0.1, -0.05) is 19.9 Å². The van der Waals surface area contributed by atoms with Gasteiger partial charge in [-0.2, -0.15) is 0 Å². The number of carbonyl (C=O) groups excluding carboxylic acids is 2.